The Morgan fingerprint density at radius 1 is 1.13 bits per heavy atom. The number of nitro benzene ring substituents is 1. The molecule has 160 valence electrons. The summed E-state index contributed by atoms with van der Waals surface area (Å²) in [5, 5.41) is 15.9. The van der Waals surface area contributed by atoms with Crippen molar-refractivity contribution in [3.63, 3.8) is 0 Å². The molecule has 0 aliphatic carbocycles. The van der Waals surface area contributed by atoms with Gasteiger partial charge in [-0.1, -0.05) is 29.3 Å². The second kappa shape index (κ2) is 8.78. The molecule has 0 bridgehead atoms. The molecule has 4 rings (SSSR count). The Morgan fingerprint density at radius 3 is 2.42 bits per heavy atom. The number of benzene rings is 2. The van der Waals surface area contributed by atoms with E-state index in [0.717, 1.165) is 5.69 Å². The number of aryl methyl sites for hydroxylation is 1. The first-order valence-corrected chi connectivity index (χ1v) is 11.2. The average Bonchev–Trinajstić information content (AvgIpc) is 3.10. The number of non-ortho nitro benzene ring substituents is 1. The largest absolute Gasteiger partial charge is 0.345 e. The highest BCUT2D eigenvalue weighted by Crippen LogP contribution is 2.38. The van der Waals surface area contributed by atoms with Crippen molar-refractivity contribution in [3.8, 4) is 0 Å². The van der Waals surface area contributed by atoms with Crippen LogP contribution in [0.25, 0.3) is 10.1 Å². The Morgan fingerprint density at radius 2 is 1.77 bits per heavy atom. The number of hydrogen-bond acceptors (Lipinski definition) is 5. The van der Waals surface area contributed by atoms with E-state index in [1.807, 2.05) is 36.1 Å². The van der Waals surface area contributed by atoms with E-state index >= 15 is 0 Å². The van der Waals surface area contributed by atoms with Crippen molar-refractivity contribution in [1.82, 2.24) is 9.80 Å². The van der Waals surface area contributed by atoms with Crippen molar-refractivity contribution in [3.05, 3.63) is 68.0 Å². The van der Waals surface area contributed by atoms with Gasteiger partial charge in [-0.2, -0.15) is 0 Å². The number of piperazine rings is 1. The van der Waals surface area contributed by atoms with E-state index in [4.69, 9.17) is 23.8 Å². The summed E-state index contributed by atoms with van der Waals surface area (Å²) in [5.41, 5.74) is 2.09. The van der Waals surface area contributed by atoms with Gasteiger partial charge in [-0.3, -0.25) is 14.9 Å². The third-order valence-electron chi connectivity index (χ3n) is 5.18. The molecule has 1 amide bonds. The Bertz CT molecular complexity index is 1170. The lowest BCUT2D eigenvalue weighted by molar-refractivity contribution is -0.384. The third kappa shape index (κ3) is 4.48. The number of amides is 1. The van der Waals surface area contributed by atoms with Gasteiger partial charge in [0.25, 0.3) is 11.6 Å². The number of nitrogens with zero attached hydrogens (tertiary/aromatic N) is 3. The molecule has 10 heteroatoms. The number of nitrogens with one attached hydrogen (secondary N) is 1. The molecule has 3 aromatic rings. The quantitative estimate of drug-likeness (QED) is 0.329. The second-order valence-corrected chi connectivity index (χ2v) is 9.08. The number of carbonyl (C=O) groups excluding carboxylic acids is 1. The molecule has 31 heavy (non-hydrogen) atoms. The molecular formula is C21H19ClN4O3S2. The second-order valence-electron chi connectivity index (χ2n) is 7.26. The Kier molecular flexibility index (Phi) is 6.08. The Labute approximate surface area is 193 Å². The number of halogens is 1. The number of nitro groups is 1. The van der Waals surface area contributed by atoms with Gasteiger partial charge in [-0.25, -0.2) is 0 Å². The van der Waals surface area contributed by atoms with Gasteiger partial charge in [-0.15, -0.1) is 11.3 Å². The maximum atomic E-state index is 13.1. The van der Waals surface area contributed by atoms with Crippen LogP contribution in [-0.4, -0.2) is 51.9 Å². The summed E-state index contributed by atoms with van der Waals surface area (Å²) in [5.74, 6) is -0.161. The molecule has 1 aromatic heterocycles. The molecule has 2 heterocycles. The maximum Gasteiger partial charge on any atom is 0.270 e. The first-order valence-electron chi connectivity index (χ1n) is 9.62. The summed E-state index contributed by atoms with van der Waals surface area (Å²) in [6.45, 7) is 4.27. The van der Waals surface area contributed by atoms with Crippen molar-refractivity contribution in [2.24, 2.45) is 0 Å². The first kappa shape index (κ1) is 21.5. The molecular weight excluding hydrogens is 456 g/mol. The van der Waals surface area contributed by atoms with Crippen LogP contribution >= 0.6 is 35.2 Å². The van der Waals surface area contributed by atoms with Crippen LogP contribution in [0.5, 0.6) is 0 Å². The van der Waals surface area contributed by atoms with Crippen LogP contribution < -0.4 is 5.32 Å². The van der Waals surface area contributed by atoms with Crippen LogP contribution in [0, 0.1) is 17.0 Å². The highest BCUT2D eigenvalue weighted by atomic mass is 35.5. The summed E-state index contributed by atoms with van der Waals surface area (Å²) in [4.78, 5) is 27.8. The fourth-order valence-corrected chi connectivity index (χ4v) is 5.21. The first-order chi connectivity index (χ1) is 14.8. The minimum Gasteiger partial charge on any atom is -0.345 e. The van der Waals surface area contributed by atoms with Crippen molar-refractivity contribution >= 4 is 67.6 Å². The number of hydrogen-bond donors (Lipinski definition) is 1. The molecule has 1 saturated heterocycles. The van der Waals surface area contributed by atoms with Gasteiger partial charge in [-0.05, 0) is 37.3 Å². The normalized spacial score (nSPS) is 14.0. The van der Waals surface area contributed by atoms with Crippen molar-refractivity contribution < 1.29 is 9.72 Å². The number of fused-ring (bicyclic) bond motifs is 1. The highest BCUT2D eigenvalue weighted by molar-refractivity contribution is 7.80. The minimum absolute atomic E-state index is 0.0207. The van der Waals surface area contributed by atoms with Crippen molar-refractivity contribution in [1.29, 1.82) is 0 Å². The lowest BCUT2D eigenvalue weighted by Gasteiger charge is -2.36. The SMILES string of the molecule is Cc1ccc(NC(=S)N2CCN(C(=O)c3sc4cc([N+](=O)[O-])ccc4c3Cl)CC2)cc1. The van der Waals surface area contributed by atoms with Gasteiger partial charge < -0.3 is 15.1 Å². The molecule has 0 unspecified atom stereocenters. The van der Waals surface area contributed by atoms with E-state index in [-0.39, 0.29) is 11.6 Å². The van der Waals surface area contributed by atoms with Gasteiger partial charge in [0, 0.05) is 54.1 Å². The zero-order valence-corrected chi connectivity index (χ0v) is 19.0. The summed E-state index contributed by atoms with van der Waals surface area (Å²) >= 11 is 13.1. The lowest BCUT2D eigenvalue weighted by Crippen LogP contribution is -2.51. The van der Waals surface area contributed by atoms with E-state index in [2.05, 4.69) is 5.32 Å². The van der Waals surface area contributed by atoms with Crippen molar-refractivity contribution in [2.45, 2.75) is 6.92 Å². The minimum atomic E-state index is -0.457. The fourth-order valence-electron chi connectivity index (χ4n) is 3.40. The fraction of sp³-hybridized carbons (Fsp3) is 0.238. The van der Waals surface area contributed by atoms with E-state index in [1.165, 1.54) is 29.0 Å². The van der Waals surface area contributed by atoms with Crippen LogP contribution in [-0.2, 0) is 0 Å². The van der Waals surface area contributed by atoms with Gasteiger partial charge in [0.15, 0.2) is 5.11 Å². The van der Waals surface area contributed by atoms with Crippen LogP contribution in [0.1, 0.15) is 15.2 Å². The predicted molar refractivity (Wildman–Crippen MR) is 128 cm³/mol. The van der Waals surface area contributed by atoms with Crippen LogP contribution in [0.2, 0.25) is 5.02 Å². The topological polar surface area (TPSA) is 78.7 Å². The molecule has 1 aliphatic rings. The molecule has 1 fully saturated rings. The summed E-state index contributed by atoms with van der Waals surface area (Å²) < 4.78 is 0.629. The molecule has 0 saturated carbocycles. The number of carbonyl (C=O) groups is 1. The molecule has 7 nitrogen and oxygen atoms in total. The zero-order chi connectivity index (χ0) is 22.1. The molecule has 0 radical (unpaired) electrons. The maximum absolute atomic E-state index is 13.1. The number of thiocarbonyl (C=S) groups is 1. The standard InChI is InChI=1S/C21H19ClN4O3S2/c1-13-2-4-14(5-3-13)23-21(30)25-10-8-24(9-11-25)20(27)19-18(22)16-7-6-15(26(28)29)12-17(16)31-19/h2-7,12H,8-11H2,1H3,(H,23,30). The summed E-state index contributed by atoms with van der Waals surface area (Å²) in [7, 11) is 0. The van der Waals surface area contributed by atoms with E-state index < -0.39 is 4.92 Å². The number of anilines is 1. The third-order valence-corrected chi connectivity index (χ3v) is 7.18. The average molecular weight is 475 g/mol. The van der Waals surface area contributed by atoms with E-state index in [9.17, 15) is 14.9 Å². The Balaban J connectivity index is 1.42. The zero-order valence-electron chi connectivity index (χ0n) is 16.6. The van der Waals surface area contributed by atoms with Crippen LogP contribution in [0.4, 0.5) is 11.4 Å². The number of thiophene rings is 1. The predicted octanol–water partition coefficient (Wildman–Crippen LogP) is 4.93. The summed E-state index contributed by atoms with van der Waals surface area (Å²) in [6, 6.07) is 12.4. The van der Waals surface area contributed by atoms with E-state index in [0.29, 0.717) is 51.3 Å². The van der Waals surface area contributed by atoms with E-state index in [1.54, 1.807) is 11.0 Å². The van der Waals surface area contributed by atoms with Crippen molar-refractivity contribution in [2.75, 3.05) is 31.5 Å². The molecule has 2 aromatic carbocycles. The van der Waals surface area contributed by atoms with Crippen LogP contribution in [0.3, 0.4) is 0 Å². The molecule has 1 aliphatic heterocycles. The molecule has 0 atom stereocenters. The Hall–Kier alpha value is -2.75. The van der Waals surface area contributed by atoms with Gasteiger partial charge in [0.05, 0.1) is 9.95 Å². The monoisotopic (exact) mass is 474 g/mol. The van der Waals surface area contributed by atoms with Gasteiger partial charge in [0.2, 0.25) is 0 Å². The van der Waals surface area contributed by atoms with Crippen LogP contribution in [0.15, 0.2) is 42.5 Å². The number of rotatable bonds is 3. The smallest absolute Gasteiger partial charge is 0.270 e. The molecule has 1 N–H and O–H groups in total. The molecule has 0 spiro atoms. The van der Waals surface area contributed by atoms with Gasteiger partial charge in [0.1, 0.15) is 4.88 Å². The van der Waals surface area contributed by atoms with Gasteiger partial charge >= 0.3 is 0 Å². The summed E-state index contributed by atoms with van der Waals surface area (Å²) in [6.07, 6.45) is 0. The highest BCUT2D eigenvalue weighted by Gasteiger charge is 2.27. The lowest BCUT2D eigenvalue weighted by atomic mass is 10.2.